The van der Waals surface area contributed by atoms with Crippen molar-refractivity contribution in [3.63, 3.8) is 0 Å². The number of nitro groups is 1. The third-order valence-corrected chi connectivity index (χ3v) is 2.91. The number of nitro benzene ring substituents is 1. The number of nitrogens with two attached hydrogens (primary N) is 1. The van der Waals surface area contributed by atoms with Crippen LogP contribution < -0.4 is 5.73 Å². The van der Waals surface area contributed by atoms with Crippen molar-refractivity contribution in [2.75, 3.05) is 0 Å². The molecular weight excluding hydrogens is 180 g/mol. The molecule has 0 heterocycles. The van der Waals surface area contributed by atoms with E-state index >= 15 is 0 Å². The molecule has 0 bridgehead atoms. The predicted octanol–water partition coefficient (Wildman–Crippen LogP) is 1.85. The molecule has 1 aliphatic rings. The second kappa shape index (κ2) is 3.06. The molecule has 1 atom stereocenters. The molecule has 0 saturated carbocycles. The highest BCUT2D eigenvalue weighted by molar-refractivity contribution is 5.51. The molecule has 1 aromatic rings. The number of benzene rings is 1. The summed E-state index contributed by atoms with van der Waals surface area (Å²) >= 11 is 0. The lowest BCUT2D eigenvalue weighted by atomic mass is 10.0. The summed E-state index contributed by atoms with van der Waals surface area (Å²) < 4.78 is 0. The number of hydrogen-bond donors (Lipinski definition) is 1. The Balaban J connectivity index is 2.58. The molecule has 2 rings (SSSR count). The van der Waals surface area contributed by atoms with E-state index in [1.54, 1.807) is 19.1 Å². The quantitative estimate of drug-likeness (QED) is 0.545. The molecule has 0 saturated heterocycles. The zero-order valence-electron chi connectivity index (χ0n) is 7.99. The molecule has 0 aromatic heterocycles. The van der Waals surface area contributed by atoms with Crippen molar-refractivity contribution in [3.05, 3.63) is 38.9 Å². The third-order valence-electron chi connectivity index (χ3n) is 2.91. The second-order valence-electron chi connectivity index (χ2n) is 3.68. The highest BCUT2D eigenvalue weighted by Crippen LogP contribution is 2.35. The molecular formula is C10H12N2O2. The first kappa shape index (κ1) is 9.15. The fourth-order valence-electron chi connectivity index (χ4n) is 2.10. The molecule has 0 amide bonds. The van der Waals surface area contributed by atoms with Gasteiger partial charge in [-0.2, -0.15) is 0 Å². The van der Waals surface area contributed by atoms with Gasteiger partial charge in [0.1, 0.15) is 0 Å². The van der Waals surface area contributed by atoms with Crippen molar-refractivity contribution in [2.24, 2.45) is 5.73 Å². The Kier molecular flexibility index (Phi) is 2.00. The Morgan fingerprint density at radius 2 is 2.29 bits per heavy atom. The van der Waals surface area contributed by atoms with Gasteiger partial charge in [-0.25, -0.2) is 0 Å². The summed E-state index contributed by atoms with van der Waals surface area (Å²) in [5.74, 6) is 0. The van der Waals surface area contributed by atoms with Crippen molar-refractivity contribution in [1.29, 1.82) is 0 Å². The maximum Gasteiger partial charge on any atom is 0.272 e. The second-order valence-corrected chi connectivity index (χ2v) is 3.68. The van der Waals surface area contributed by atoms with Crippen LogP contribution in [0.5, 0.6) is 0 Å². The van der Waals surface area contributed by atoms with Crippen LogP contribution in [0.25, 0.3) is 0 Å². The van der Waals surface area contributed by atoms with Crippen molar-refractivity contribution in [3.8, 4) is 0 Å². The first-order valence-corrected chi connectivity index (χ1v) is 4.63. The van der Waals surface area contributed by atoms with E-state index in [-0.39, 0.29) is 16.7 Å². The molecule has 1 aromatic carbocycles. The van der Waals surface area contributed by atoms with E-state index in [0.717, 1.165) is 29.5 Å². The van der Waals surface area contributed by atoms with Crippen LogP contribution in [0.4, 0.5) is 5.69 Å². The normalized spacial score (nSPS) is 19.4. The molecule has 14 heavy (non-hydrogen) atoms. The van der Waals surface area contributed by atoms with Gasteiger partial charge in [0.2, 0.25) is 0 Å². The minimum Gasteiger partial charge on any atom is -0.324 e. The molecule has 0 aliphatic heterocycles. The minimum atomic E-state index is -0.334. The largest absolute Gasteiger partial charge is 0.324 e. The van der Waals surface area contributed by atoms with E-state index in [1.165, 1.54) is 0 Å². The van der Waals surface area contributed by atoms with E-state index in [4.69, 9.17) is 5.73 Å². The molecule has 0 spiro atoms. The Hall–Kier alpha value is -1.42. The molecule has 1 aliphatic carbocycles. The van der Waals surface area contributed by atoms with E-state index in [9.17, 15) is 10.1 Å². The van der Waals surface area contributed by atoms with Crippen LogP contribution in [0, 0.1) is 17.0 Å². The van der Waals surface area contributed by atoms with E-state index < -0.39 is 0 Å². The van der Waals surface area contributed by atoms with Crippen molar-refractivity contribution >= 4 is 5.69 Å². The van der Waals surface area contributed by atoms with E-state index in [1.807, 2.05) is 0 Å². The molecule has 4 heteroatoms. The van der Waals surface area contributed by atoms with Gasteiger partial charge in [-0.1, -0.05) is 6.07 Å². The number of nitrogens with zero attached hydrogens (tertiary/aromatic N) is 1. The van der Waals surface area contributed by atoms with E-state index in [2.05, 4.69) is 0 Å². The van der Waals surface area contributed by atoms with Gasteiger partial charge in [0.15, 0.2) is 0 Å². The summed E-state index contributed by atoms with van der Waals surface area (Å²) in [7, 11) is 0. The number of hydrogen-bond acceptors (Lipinski definition) is 3. The van der Waals surface area contributed by atoms with Gasteiger partial charge < -0.3 is 5.73 Å². The average Bonchev–Trinajstić information content (AvgIpc) is 2.49. The summed E-state index contributed by atoms with van der Waals surface area (Å²) in [5, 5.41) is 10.7. The third kappa shape index (κ3) is 1.19. The van der Waals surface area contributed by atoms with Crippen LogP contribution in [0.15, 0.2) is 12.1 Å². The maximum absolute atomic E-state index is 10.7. The standard InChI is InChI=1S/C10H12N2O2/c1-6-7-2-4-9(11)8(7)3-5-10(6)12(13)14/h3,5,9H,2,4,11H2,1H3/t9-/m1/s1. The number of rotatable bonds is 1. The summed E-state index contributed by atoms with van der Waals surface area (Å²) in [6.07, 6.45) is 1.77. The molecule has 0 unspecified atom stereocenters. The fraction of sp³-hybridized carbons (Fsp3) is 0.400. The Morgan fingerprint density at radius 3 is 2.93 bits per heavy atom. The summed E-state index contributed by atoms with van der Waals surface area (Å²) in [5.41, 5.74) is 9.01. The lowest BCUT2D eigenvalue weighted by Gasteiger charge is -2.06. The average molecular weight is 192 g/mol. The summed E-state index contributed by atoms with van der Waals surface area (Å²) in [6.45, 7) is 1.80. The van der Waals surface area contributed by atoms with Gasteiger partial charge in [0.25, 0.3) is 5.69 Å². The van der Waals surface area contributed by atoms with Gasteiger partial charge in [0.05, 0.1) is 4.92 Å². The Morgan fingerprint density at radius 1 is 1.57 bits per heavy atom. The van der Waals surface area contributed by atoms with Crippen LogP contribution in [-0.4, -0.2) is 4.92 Å². The fourth-order valence-corrected chi connectivity index (χ4v) is 2.10. The van der Waals surface area contributed by atoms with E-state index in [0.29, 0.717) is 0 Å². The first-order chi connectivity index (χ1) is 6.61. The summed E-state index contributed by atoms with van der Waals surface area (Å²) in [6, 6.07) is 3.40. The minimum absolute atomic E-state index is 0.0597. The molecule has 4 nitrogen and oxygen atoms in total. The molecule has 2 N–H and O–H groups in total. The van der Waals surface area contributed by atoms with Crippen LogP contribution in [0.3, 0.4) is 0 Å². The number of fused-ring (bicyclic) bond motifs is 1. The van der Waals surface area contributed by atoms with Crippen molar-refractivity contribution < 1.29 is 4.92 Å². The summed E-state index contributed by atoms with van der Waals surface area (Å²) in [4.78, 5) is 10.3. The molecule has 74 valence electrons. The van der Waals surface area contributed by atoms with Crippen LogP contribution >= 0.6 is 0 Å². The predicted molar refractivity (Wildman–Crippen MR) is 53.1 cm³/mol. The highest BCUT2D eigenvalue weighted by Gasteiger charge is 2.24. The SMILES string of the molecule is Cc1c([N+](=O)[O-])ccc2c1CC[C@H]2N. The van der Waals surface area contributed by atoms with Gasteiger partial charge in [0, 0.05) is 17.7 Å². The first-order valence-electron chi connectivity index (χ1n) is 4.63. The Labute approximate surface area is 81.9 Å². The Bertz CT molecular complexity index is 401. The zero-order valence-corrected chi connectivity index (χ0v) is 7.99. The van der Waals surface area contributed by atoms with Crippen molar-refractivity contribution in [2.45, 2.75) is 25.8 Å². The van der Waals surface area contributed by atoms with Crippen LogP contribution in [0.2, 0.25) is 0 Å². The lowest BCUT2D eigenvalue weighted by molar-refractivity contribution is -0.385. The van der Waals surface area contributed by atoms with Gasteiger partial charge in [-0.15, -0.1) is 0 Å². The lowest BCUT2D eigenvalue weighted by Crippen LogP contribution is -2.05. The highest BCUT2D eigenvalue weighted by atomic mass is 16.6. The zero-order chi connectivity index (χ0) is 10.3. The molecule has 0 fully saturated rings. The van der Waals surface area contributed by atoms with Crippen LogP contribution in [-0.2, 0) is 6.42 Å². The monoisotopic (exact) mass is 192 g/mol. The molecule has 0 radical (unpaired) electrons. The topological polar surface area (TPSA) is 69.2 Å². The van der Waals surface area contributed by atoms with Gasteiger partial charge in [-0.3, -0.25) is 10.1 Å². The maximum atomic E-state index is 10.7. The van der Waals surface area contributed by atoms with Crippen molar-refractivity contribution in [1.82, 2.24) is 0 Å². The van der Waals surface area contributed by atoms with Gasteiger partial charge >= 0.3 is 0 Å². The van der Waals surface area contributed by atoms with Crippen LogP contribution in [0.1, 0.15) is 29.2 Å². The smallest absolute Gasteiger partial charge is 0.272 e. The van der Waals surface area contributed by atoms with Gasteiger partial charge in [-0.05, 0) is 30.9 Å².